The molecule has 0 spiro atoms. The minimum Gasteiger partial charge on any atom is -0.494 e. The van der Waals surface area contributed by atoms with E-state index in [1.165, 1.54) is 0 Å². The van der Waals surface area contributed by atoms with Crippen LogP contribution in [0.4, 0.5) is 0 Å². The molecule has 1 fully saturated rings. The molecule has 1 aliphatic rings. The van der Waals surface area contributed by atoms with Crippen LogP contribution in [-0.2, 0) is 4.79 Å². The van der Waals surface area contributed by atoms with Gasteiger partial charge in [-0.1, -0.05) is 18.2 Å². The molecule has 1 saturated heterocycles. The number of nitrogens with zero attached hydrogens (tertiary/aromatic N) is 1. The van der Waals surface area contributed by atoms with E-state index >= 15 is 0 Å². The summed E-state index contributed by atoms with van der Waals surface area (Å²) in [6, 6.07) is 9.71. The first-order chi connectivity index (χ1) is 10.2. The molecule has 2 N–H and O–H groups in total. The van der Waals surface area contributed by atoms with Crippen molar-refractivity contribution in [2.24, 2.45) is 5.92 Å². The molecule has 2 rings (SSSR count). The highest BCUT2D eigenvalue weighted by Gasteiger charge is 2.32. The number of carbonyl (C=O) groups is 1. The topological polar surface area (TPSA) is 70.0 Å². The van der Waals surface area contributed by atoms with Crippen LogP contribution in [0.15, 0.2) is 30.3 Å². The Bertz CT molecular complexity index is 437. The highest BCUT2D eigenvalue weighted by atomic mass is 16.5. The van der Waals surface area contributed by atoms with Crippen LogP contribution in [0.1, 0.15) is 19.3 Å². The molecule has 0 amide bonds. The second kappa shape index (κ2) is 8.00. The monoisotopic (exact) mass is 293 g/mol. The number of rotatable bonds is 7. The largest absolute Gasteiger partial charge is 0.494 e. The average Bonchev–Trinajstić information content (AvgIpc) is 2.49. The first kappa shape index (κ1) is 15.8. The molecule has 0 aliphatic carbocycles. The number of ether oxygens (including phenoxy) is 1. The van der Waals surface area contributed by atoms with E-state index in [-0.39, 0.29) is 0 Å². The second-order valence-electron chi connectivity index (χ2n) is 5.47. The van der Waals surface area contributed by atoms with Gasteiger partial charge in [-0.2, -0.15) is 0 Å². The average molecular weight is 293 g/mol. The normalized spacial score (nSPS) is 22.9. The van der Waals surface area contributed by atoms with Crippen LogP contribution in [0.5, 0.6) is 5.75 Å². The van der Waals surface area contributed by atoms with Gasteiger partial charge in [0.1, 0.15) is 5.75 Å². The van der Waals surface area contributed by atoms with E-state index in [2.05, 4.69) is 4.90 Å². The number of carboxylic acid groups (broad SMARTS) is 1. The van der Waals surface area contributed by atoms with Gasteiger partial charge in [-0.25, -0.2) is 0 Å². The van der Waals surface area contributed by atoms with Crippen LogP contribution in [0.3, 0.4) is 0 Å². The highest BCUT2D eigenvalue weighted by Crippen LogP contribution is 2.18. The van der Waals surface area contributed by atoms with Gasteiger partial charge in [-0.15, -0.1) is 0 Å². The van der Waals surface area contributed by atoms with Gasteiger partial charge < -0.3 is 19.8 Å². The summed E-state index contributed by atoms with van der Waals surface area (Å²) in [6.07, 6.45) is 1.73. The fourth-order valence-corrected chi connectivity index (χ4v) is 2.60. The number of para-hydroxylation sites is 1. The smallest absolute Gasteiger partial charge is 0.310 e. The van der Waals surface area contributed by atoms with E-state index in [1.807, 2.05) is 30.3 Å². The van der Waals surface area contributed by atoms with Gasteiger partial charge in [0.2, 0.25) is 0 Å². The number of unbranched alkanes of at least 4 members (excludes halogenated alkanes) is 1. The maximum Gasteiger partial charge on any atom is 0.310 e. The van der Waals surface area contributed by atoms with Gasteiger partial charge in [-0.3, -0.25) is 4.79 Å². The van der Waals surface area contributed by atoms with E-state index in [0.29, 0.717) is 19.6 Å². The van der Waals surface area contributed by atoms with Crippen LogP contribution in [0.25, 0.3) is 0 Å². The number of hydrogen-bond donors (Lipinski definition) is 2. The van der Waals surface area contributed by atoms with Gasteiger partial charge in [0, 0.05) is 13.1 Å². The molecule has 2 atom stereocenters. The van der Waals surface area contributed by atoms with Crippen molar-refractivity contribution in [1.29, 1.82) is 0 Å². The zero-order valence-electron chi connectivity index (χ0n) is 12.1. The fourth-order valence-electron chi connectivity index (χ4n) is 2.60. The zero-order chi connectivity index (χ0) is 15.1. The van der Waals surface area contributed by atoms with E-state index < -0.39 is 18.0 Å². The minimum absolute atomic E-state index is 0.441. The lowest BCUT2D eigenvalue weighted by molar-refractivity contribution is -0.148. The third-order valence-corrected chi connectivity index (χ3v) is 3.86. The number of hydrogen-bond acceptors (Lipinski definition) is 4. The SMILES string of the molecule is O=C(O)[C@@H]1CN(CCCCOc2ccccc2)CC[C@H]1O. The molecule has 0 saturated carbocycles. The lowest BCUT2D eigenvalue weighted by atomic mass is 9.95. The summed E-state index contributed by atoms with van der Waals surface area (Å²) in [5.41, 5.74) is 0. The molecule has 21 heavy (non-hydrogen) atoms. The molecular weight excluding hydrogens is 270 g/mol. The summed E-state index contributed by atoms with van der Waals surface area (Å²) in [4.78, 5) is 13.2. The fraction of sp³-hybridized carbons (Fsp3) is 0.562. The van der Waals surface area contributed by atoms with Crippen LogP contribution >= 0.6 is 0 Å². The van der Waals surface area contributed by atoms with Crippen molar-refractivity contribution in [1.82, 2.24) is 4.90 Å². The van der Waals surface area contributed by atoms with Crippen LogP contribution < -0.4 is 4.74 Å². The summed E-state index contributed by atoms with van der Waals surface area (Å²) in [5.74, 6) is -0.677. The van der Waals surface area contributed by atoms with Gasteiger partial charge in [-0.05, 0) is 37.9 Å². The Morgan fingerprint density at radius 1 is 1.29 bits per heavy atom. The van der Waals surface area contributed by atoms with Crippen molar-refractivity contribution in [2.45, 2.75) is 25.4 Å². The molecule has 1 aromatic carbocycles. The molecule has 0 aromatic heterocycles. The molecular formula is C16H23NO4. The molecule has 5 nitrogen and oxygen atoms in total. The zero-order valence-corrected chi connectivity index (χ0v) is 12.1. The quantitative estimate of drug-likeness (QED) is 0.748. The summed E-state index contributed by atoms with van der Waals surface area (Å²) in [7, 11) is 0. The number of aliphatic carboxylic acids is 1. The molecule has 1 aromatic rings. The Kier molecular flexibility index (Phi) is 6.02. The minimum atomic E-state index is -0.903. The third kappa shape index (κ3) is 5.02. The van der Waals surface area contributed by atoms with Crippen molar-refractivity contribution in [3.63, 3.8) is 0 Å². The van der Waals surface area contributed by atoms with Gasteiger partial charge in [0.05, 0.1) is 18.6 Å². The predicted octanol–water partition coefficient (Wildman–Crippen LogP) is 1.61. The van der Waals surface area contributed by atoms with Crippen molar-refractivity contribution in [3.05, 3.63) is 30.3 Å². The maximum absolute atomic E-state index is 11.0. The third-order valence-electron chi connectivity index (χ3n) is 3.86. The molecule has 5 heteroatoms. The van der Waals surface area contributed by atoms with Gasteiger partial charge in [0.25, 0.3) is 0 Å². The molecule has 0 radical (unpaired) electrons. The lowest BCUT2D eigenvalue weighted by Crippen LogP contribution is -2.46. The molecule has 1 aliphatic heterocycles. The van der Waals surface area contributed by atoms with E-state index in [1.54, 1.807) is 0 Å². The number of piperidine rings is 1. The summed E-state index contributed by atoms with van der Waals surface area (Å²) in [5, 5.41) is 18.7. The molecule has 0 bridgehead atoms. The summed E-state index contributed by atoms with van der Waals surface area (Å²) in [6.45, 7) is 2.73. The van der Waals surface area contributed by atoms with Crippen molar-refractivity contribution in [3.8, 4) is 5.75 Å². The van der Waals surface area contributed by atoms with Gasteiger partial charge >= 0.3 is 5.97 Å². The number of benzene rings is 1. The first-order valence-corrected chi connectivity index (χ1v) is 7.48. The first-order valence-electron chi connectivity index (χ1n) is 7.48. The Hall–Kier alpha value is -1.59. The second-order valence-corrected chi connectivity index (χ2v) is 5.47. The Balaban J connectivity index is 1.61. The highest BCUT2D eigenvalue weighted by molar-refractivity contribution is 5.71. The maximum atomic E-state index is 11.0. The predicted molar refractivity (Wildman–Crippen MR) is 79.4 cm³/mol. The Morgan fingerprint density at radius 2 is 2.05 bits per heavy atom. The van der Waals surface area contributed by atoms with E-state index in [0.717, 1.165) is 31.7 Å². The number of carboxylic acids is 1. The number of aliphatic hydroxyl groups excluding tert-OH is 1. The van der Waals surface area contributed by atoms with Crippen molar-refractivity contribution in [2.75, 3.05) is 26.2 Å². The van der Waals surface area contributed by atoms with Crippen molar-refractivity contribution < 1.29 is 19.7 Å². The Morgan fingerprint density at radius 3 is 2.76 bits per heavy atom. The number of aliphatic hydroxyl groups is 1. The Labute approximate surface area is 125 Å². The van der Waals surface area contributed by atoms with Crippen molar-refractivity contribution >= 4 is 5.97 Å². The van der Waals surface area contributed by atoms with E-state index in [9.17, 15) is 9.90 Å². The summed E-state index contributed by atoms with van der Waals surface area (Å²) < 4.78 is 5.62. The van der Waals surface area contributed by atoms with Gasteiger partial charge in [0.15, 0.2) is 0 Å². The van der Waals surface area contributed by atoms with E-state index in [4.69, 9.17) is 9.84 Å². The number of likely N-dealkylation sites (tertiary alicyclic amines) is 1. The standard InChI is InChI=1S/C16H23NO4/c18-15-8-10-17(12-14(15)16(19)20)9-4-5-11-21-13-6-2-1-3-7-13/h1-3,6-7,14-15,18H,4-5,8-12H2,(H,19,20)/t14-,15-/m1/s1. The van der Waals surface area contributed by atoms with Crippen LogP contribution in [0.2, 0.25) is 0 Å². The summed E-state index contributed by atoms with van der Waals surface area (Å²) >= 11 is 0. The molecule has 1 heterocycles. The lowest BCUT2D eigenvalue weighted by Gasteiger charge is -2.33. The molecule has 116 valence electrons. The van der Waals surface area contributed by atoms with Crippen LogP contribution in [-0.4, -0.2) is 53.4 Å². The molecule has 0 unspecified atom stereocenters. The van der Waals surface area contributed by atoms with Crippen LogP contribution in [0, 0.1) is 5.92 Å².